The highest BCUT2D eigenvalue weighted by molar-refractivity contribution is 6.74. The monoisotopic (exact) mass is 565 g/mol. The van der Waals surface area contributed by atoms with E-state index in [1.54, 1.807) is 0 Å². The summed E-state index contributed by atoms with van der Waals surface area (Å²) < 4.78 is 43.2. The molecular formula is C28H43NO9Si. The van der Waals surface area contributed by atoms with Crippen molar-refractivity contribution < 1.29 is 42.4 Å². The second-order valence-corrected chi connectivity index (χ2v) is 17.6. The highest BCUT2D eigenvalue weighted by atomic mass is 28.4. The van der Waals surface area contributed by atoms with Gasteiger partial charge in [0.1, 0.15) is 43.7 Å². The molecule has 1 aromatic rings. The lowest BCUT2D eigenvalue weighted by atomic mass is 9.85. The van der Waals surface area contributed by atoms with Crippen LogP contribution in [-0.2, 0) is 44.2 Å². The molecule has 0 aromatic heterocycles. The van der Waals surface area contributed by atoms with Crippen LogP contribution in [0.25, 0.3) is 0 Å². The van der Waals surface area contributed by atoms with Crippen molar-refractivity contribution in [1.29, 1.82) is 0 Å². The molecule has 1 amide bonds. The summed E-state index contributed by atoms with van der Waals surface area (Å²) in [5.74, 6) is -2.45. The number of carbonyl (C=O) groups excluding carboxylic acids is 2. The van der Waals surface area contributed by atoms with Gasteiger partial charge in [0.25, 0.3) is 0 Å². The molecule has 1 aromatic carbocycles. The van der Waals surface area contributed by atoms with E-state index in [0.717, 1.165) is 5.56 Å². The molecule has 0 radical (unpaired) electrons. The zero-order chi connectivity index (χ0) is 28.8. The number of benzene rings is 1. The van der Waals surface area contributed by atoms with Crippen LogP contribution in [0.2, 0.25) is 18.1 Å². The van der Waals surface area contributed by atoms with Gasteiger partial charge in [0, 0.05) is 0 Å². The van der Waals surface area contributed by atoms with Crippen LogP contribution in [0.4, 0.5) is 4.79 Å². The number of carbonyl (C=O) groups is 2. The Balaban J connectivity index is 1.51. The fraction of sp³-hybridized carbons (Fsp3) is 0.714. The summed E-state index contributed by atoms with van der Waals surface area (Å²) in [6.45, 7) is 17.7. The molecule has 3 aliphatic rings. The summed E-state index contributed by atoms with van der Waals surface area (Å²) in [6.07, 6.45) is -4.43. The van der Waals surface area contributed by atoms with E-state index in [2.05, 4.69) is 39.2 Å². The van der Waals surface area contributed by atoms with Crippen LogP contribution in [-0.4, -0.2) is 75.1 Å². The van der Waals surface area contributed by atoms with Gasteiger partial charge >= 0.3 is 12.1 Å². The molecule has 3 fully saturated rings. The predicted molar refractivity (Wildman–Crippen MR) is 144 cm³/mol. The number of nitrogens with one attached hydrogen (secondary N) is 1. The molecule has 1 saturated carbocycles. The molecule has 0 bridgehead atoms. The minimum Gasteiger partial charge on any atom is -0.455 e. The third-order valence-electron chi connectivity index (χ3n) is 7.72. The Labute approximate surface area is 232 Å². The number of hydrogen-bond acceptors (Lipinski definition) is 9. The molecule has 0 unspecified atom stereocenters. The third-order valence-corrected chi connectivity index (χ3v) is 12.2. The molecule has 2 aliphatic heterocycles. The van der Waals surface area contributed by atoms with Crippen molar-refractivity contribution >= 4 is 20.4 Å². The largest absolute Gasteiger partial charge is 0.455 e. The van der Waals surface area contributed by atoms with E-state index in [-0.39, 0.29) is 18.2 Å². The van der Waals surface area contributed by atoms with E-state index in [0.29, 0.717) is 0 Å². The summed E-state index contributed by atoms with van der Waals surface area (Å²) in [6, 6.07) is 9.28. The fourth-order valence-corrected chi connectivity index (χ4v) is 6.22. The topological polar surface area (TPSA) is 111 Å². The third kappa shape index (κ3) is 6.83. The molecule has 2 heterocycles. The van der Waals surface area contributed by atoms with E-state index >= 15 is 0 Å². The molecule has 6 atom stereocenters. The lowest BCUT2D eigenvalue weighted by Crippen LogP contribution is -2.66. The first-order valence-electron chi connectivity index (χ1n) is 13.5. The van der Waals surface area contributed by atoms with Gasteiger partial charge in [-0.15, -0.1) is 0 Å². The van der Waals surface area contributed by atoms with Gasteiger partial charge in [-0.3, -0.25) is 4.79 Å². The van der Waals surface area contributed by atoms with E-state index in [4.69, 9.17) is 32.8 Å². The van der Waals surface area contributed by atoms with Crippen LogP contribution in [0.1, 0.15) is 54.0 Å². The van der Waals surface area contributed by atoms with Crippen LogP contribution >= 0.6 is 0 Å². The highest BCUT2D eigenvalue weighted by Crippen LogP contribution is 2.48. The molecule has 1 aliphatic carbocycles. The maximum atomic E-state index is 13.1. The van der Waals surface area contributed by atoms with Gasteiger partial charge in [-0.25, -0.2) is 4.79 Å². The van der Waals surface area contributed by atoms with Gasteiger partial charge in [0.05, 0.1) is 0 Å². The minimum atomic E-state index is -2.36. The number of esters is 1. The lowest BCUT2D eigenvalue weighted by Gasteiger charge is -2.47. The first kappa shape index (κ1) is 29.9. The van der Waals surface area contributed by atoms with Gasteiger partial charge in [-0.05, 0) is 51.4 Å². The average Bonchev–Trinajstić information content (AvgIpc) is 3.33. The number of fused-ring (bicyclic) bond motifs is 3. The number of rotatable bonds is 7. The summed E-state index contributed by atoms with van der Waals surface area (Å²) in [7, 11) is -2.36. The van der Waals surface area contributed by atoms with E-state index in [1.807, 2.05) is 58.0 Å². The molecule has 2 saturated heterocycles. The number of amides is 1. The second kappa shape index (κ2) is 10.8. The number of ether oxygens (including phenoxy) is 6. The van der Waals surface area contributed by atoms with Crippen molar-refractivity contribution in [1.82, 2.24) is 5.32 Å². The van der Waals surface area contributed by atoms with Crippen molar-refractivity contribution in [3.8, 4) is 0 Å². The molecule has 39 heavy (non-hydrogen) atoms. The summed E-state index contributed by atoms with van der Waals surface area (Å²) >= 11 is 0. The Morgan fingerprint density at radius 2 is 1.38 bits per heavy atom. The van der Waals surface area contributed by atoms with Crippen LogP contribution < -0.4 is 5.32 Å². The molecular weight excluding hydrogens is 522 g/mol. The Kier molecular flexibility index (Phi) is 8.26. The van der Waals surface area contributed by atoms with Crippen molar-refractivity contribution in [2.24, 2.45) is 0 Å². The lowest BCUT2D eigenvalue weighted by molar-refractivity contribution is -0.196. The zero-order valence-electron chi connectivity index (χ0n) is 24.4. The molecule has 0 spiro atoms. The van der Waals surface area contributed by atoms with Gasteiger partial charge in [-0.1, -0.05) is 51.1 Å². The predicted octanol–water partition coefficient (Wildman–Crippen LogP) is 4.27. The standard InChI is InChI=1S/C28H43NO9Si/c1-26(2,3)39(8,9)38-24-19(33-18(30)15-29-25(31)32-16-17-13-11-10-12-14-17)20-21(35-27(4,5)34-20)22-23(24)37-28(6,7)36-22/h10-14,19-24H,15-16H2,1-9H3,(H,29,31)/t19-,20-,21+,22-,23+,24+/m0/s1. The minimum absolute atomic E-state index is 0.0903. The molecule has 218 valence electrons. The highest BCUT2D eigenvalue weighted by Gasteiger charge is 2.66. The Morgan fingerprint density at radius 3 is 1.92 bits per heavy atom. The van der Waals surface area contributed by atoms with Crippen LogP contribution in [0.15, 0.2) is 30.3 Å². The molecule has 1 N–H and O–H groups in total. The SMILES string of the molecule is CC1(C)O[C@H]2[C@@H]3OC(C)(C)O[C@H]3[C@H](OC(=O)CNC(=O)OCc3ccccc3)[C@@H](O[Si](C)(C)C(C)(C)C)[C@@H]2O1. The Bertz CT molecular complexity index is 1040. The average molecular weight is 566 g/mol. The quantitative estimate of drug-likeness (QED) is 0.383. The Morgan fingerprint density at radius 1 is 0.872 bits per heavy atom. The fourth-order valence-electron chi connectivity index (χ4n) is 4.92. The van der Waals surface area contributed by atoms with Gasteiger partial charge in [0.15, 0.2) is 26.0 Å². The van der Waals surface area contributed by atoms with Crippen LogP contribution in [0.5, 0.6) is 0 Å². The first-order chi connectivity index (χ1) is 18.0. The van der Waals surface area contributed by atoms with Gasteiger partial charge in [-0.2, -0.15) is 0 Å². The van der Waals surface area contributed by atoms with Gasteiger partial charge in [0.2, 0.25) is 0 Å². The summed E-state index contributed by atoms with van der Waals surface area (Å²) in [5, 5.41) is 2.36. The van der Waals surface area contributed by atoms with E-state index in [1.165, 1.54) is 0 Å². The molecule has 11 heteroatoms. The van der Waals surface area contributed by atoms with Crippen LogP contribution in [0.3, 0.4) is 0 Å². The summed E-state index contributed by atoms with van der Waals surface area (Å²) in [4.78, 5) is 25.3. The van der Waals surface area contributed by atoms with Crippen molar-refractivity contribution in [2.75, 3.05) is 6.54 Å². The first-order valence-corrected chi connectivity index (χ1v) is 16.4. The van der Waals surface area contributed by atoms with Crippen LogP contribution in [0, 0.1) is 0 Å². The normalized spacial score (nSPS) is 31.2. The summed E-state index contributed by atoms with van der Waals surface area (Å²) in [5.41, 5.74) is 0.839. The molecule has 4 rings (SSSR count). The molecule has 10 nitrogen and oxygen atoms in total. The van der Waals surface area contributed by atoms with Crippen molar-refractivity contribution in [2.45, 2.75) is 121 Å². The van der Waals surface area contributed by atoms with Gasteiger partial charge < -0.3 is 38.2 Å². The maximum Gasteiger partial charge on any atom is 0.407 e. The number of hydrogen-bond donors (Lipinski definition) is 1. The van der Waals surface area contributed by atoms with E-state index < -0.39 is 68.6 Å². The van der Waals surface area contributed by atoms with Crippen molar-refractivity contribution in [3.63, 3.8) is 0 Å². The van der Waals surface area contributed by atoms with Crippen molar-refractivity contribution in [3.05, 3.63) is 35.9 Å². The maximum absolute atomic E-state index is 13.1. The second-order valence-electron chi connectivity index (χ2n) is 12.8. The Hall–Kier alpha value is -2.02. The number of alkyl carbamates (subject to hydrolysis) is 1. The van der Waals surface area contributed by atoms with E-state index in [9.17, 15) is 9.59 Å². The smallest absolute Gasteiger partial charge is 0.407 e. The zero-order valence-corrected chi connectivity index (χ0v) is 25.4.